The number of hydrogen-bond acceptors (Lipinski definition) is 4. The summed E-state index contributed by atoms with van der Waals surface area (Å²) in [5, 5.41) is 12.0. The molecule has 0 saturated carbocycles. The maximum atomic E-state index is 12.0. The Morgan fingerprint density at radius 3 is 2.81 bits per heavy atom. The molecule has 0 spiro atoms. The second-order valence-electron chi connectivity index (χ2n) is 5.79. The van der Waals surface area contributed by atoms with Crippen LogP contribution >= 0.6 is 0 Å². The summed E-state index contributed by atoms with van der Waals surface area (Å²) in [5.41, 5.74) is 8.23. The zero-order chi connectivity index (χ0) is 15.2. The molecule has 2 rings (SSSR count). The molecular formula is C16H25N3O2. The number of carbonyl (C=O) groups is 1. The highest BCUT2D eigenvalue weighted by Gasteiger charge is 2.18. The molecule has 1 aliphatic heterocycles. The molecule has 1 aromatic carbocycles. The number of aliphatic hydroxyl groups excluding tert-OH is 1. The normalized spacial score (nSPS) is 16.9. The topological polar surface area (TPSA) is 78.6 Å². The van der Waals surface area contributed by atoms with Gasteiger partial charge < -0.3 is 21.1 Å². The number of hydrogen-bond donors (Lipinski definition) is 3. The van der Waals surface area contributed by atoms with Crippen LogP contribution in [0.15, 0.2) is 18.2 Å². The van der Waals surface area contributed by atoms with E-state index in [1.54, 1.807) is 0 Å². The first kappa shape index (κ1) is 15.8. The van der Waals surface area contributed by atoms with Gasteiger partial charge in [0.05, 0.1) is 0 Å². The summed E-state index contributed by atoms with van der Waals surface area (Å²) in [5.74, 6) is 0.456. The highest BCUT2D eigenvalue weighted by Crippen LogP contribution is 2.21. The molecule has 5 nitrogen and oxygen atoms in total. The van der Waals surface area contributed by atoms with E-state index in [2.05, 4.69) is 10.2 Å². The minimum Gasteiger partial charge on any atom is -0.398 e. The summed E-state index contributed by atoms with van der Waals surface area (Å²) >= 11 is 0. The van der Waals surface area contributed by atoms with Crippen molar-refractivity contribution >= 4 is 17.3 Å². The largest absolute Gasteiger partial charge is 0.398 e. The van der Waals surface area contributed by atoms with Crippen LogP contribution in [0.1, 0.15) is 24.8 Å². The van der Waals surface area contributed by atoms with E-state index in [0.717, 1.165) is 43.7 Å². The van der Waals surface area contributed by atoms with Gasteiger partial charge in [-0.05, 0) is 56.5 Å². The van der Waals surface area contributed by atoms with Gasteiger partial charge in [-0.1, -0.05) is 6.07 Å². The van der Waals surface area contributed by atoms with Gasteiger partial charge in [-0.3, -0.25) is 4.79 Å². The van der Waals surface area contributed by atoms with Crippen LogP contribution in [0.4, 0.5) is 11.4 Å². The van der Waals surface area contributed by atoms with Crippen LogP contribution in [0.25, 0.3) is 0 Å². The SMILES string of the molecule is Cc1c(N)cccc1NC(=O)CCN1CCC(CO)CC1. The van der Waals surface area contributed by atoms with Crippen molar-refractivity contribution in [3.63, 3.8) is 0 Å². The number of nitrogens with one attached hydrogen (secondary N) is 1. The molecule has 0 radical (unpaired) electrons. The van der Waals surface area contributed by atoms with Crippen molar-refractivity contribution < 1.29 is 9.90 Å². The smallest absolute Gasteiger partial charge is 0.225 e. The van der Waals surface area contributed by atoms with E-state index < -0.39 is 0 Å². The van der Waals surface area contributed by atoms with E-state index in [0.29, 0.717) is 18.0 Å². The Bertz CT molecular complexity index is 482. The second kappa shape index (κ2) is 7.43. The van der Waals surface area contributed by atoms with Gasteiger partial charge in [0.2, 0.25) is 5.91 Å². The van der Waals surface area contributed by atoms with Crippen molar-refractivity contribution in [2.45, 2.75) is 26.2 Å². The van der Waals surface area contributed by atoms with Gasteiger partial charge in [0.1, 0.15) is 0 Å². The Labute approximate surface area is 126 Å². The zero-order valence-electron chi connectivity index (χ0n) is 12.6. The fourth-order valence-electron chi connectivity index (χ4n) is 2.65. The molecule has 0 aromatic heterocycles. The standard InChI is InChI=1S/C16H25N3O2/c1-12-14(17)3-2-4-15(12)18-16(21)7-10-19-8-5-13(11-20)6-9-19/h2-4,13,20H,5-11,17H2,1H3,(H,18,21). The Balaban J connectivity index is 1.76. The molecule has 1 aliphatic rings. The fraction of sp³-hybridized carbons (Fsp3) is 0.562. The number of aliphatic hydroxyl groups is 1. The molecule has 1 aromatic rings. The lowest BCUT2D eigenvalue weighted by Gasteiger charge is -2.30. The molecule has 1 amide bonds. The van der Waals surface area contributed by atoms with Gasteiger partial charge >= 0.3 is 0 Å². The highest BCUT2D eigenvalue weighted by atomic mass is 16.3. The van der Waals surface area contributed by atoms with E-state index in [9.17, 15) is 4.79 Å². The summed E-state index contributed by atoms with van der Waals surface area (Å²) in [6, 6.07) is 5.55. The number of benzene rings is 1. The van der Waals surface area contributed by atoms with E-state index in [4.69, 9.17) is 10.8 Å². The lowest BCUT2D eigenvalue weighted by molar-refractivity contribution is -0.116. The van der Waals surface area contributed by atoms with Crippen molar-refractivity contribution in [1.29, 1.82) is 0 Å². The van der Waals surface area contributed by atoms with Crippen molar-refractivity contribution in [3.8, 4) is 0 Å². The Morgan fingerprint density at radius 1 is 1.43 bits per heavy atom. The van der Waals surface area contributed by atoms with Crippen LogP contribution in [0.2, 0.25) is 0 Å². The van der Waals surface area contributed by atoms with Crippen LogP contribution in [-0.2, 0) is 4.79 Å². The number of piperidine rings is 1. The number of likely N-dealkylation sites (tertiary alicyclic amines) is 1. The lowest BCUT2D eigenvalue weighted by Crippen LogP contribution is -2.36. The zero-order valence-corrected chi connectivity index (χ0v) is 12.6. The number of anilines is 2. The lowest BCUT2D eigenvalue weighted by atomic mass is 9.98. The monoisotopic (exact) mass is 291 g/mol. The molecule has 0 aliphatic carbocycles. The molecule has 0 atom stereocenters. The van der Waals surface area contributed by atoms with Crippen molar-refractivity contribution in [2.24, 2.45) is 5.92 Å². The van der Waals surface area contributed by atoms with Gasteiger partial charge in [0.25, 0.3) is 0 Å². The number of nitrogens with two attached hydrogens (primary N) is 1. The maximum absolute atomic E-state index is 12.0. The Kier molecular flexibility index (Phi) is 5.59. The van der Waals surface area contributed by atoms with Crippen molar-refractivity contribution in [3.05, 3.63) is 23.8 Å². The summed E-state index contributed by atoms with van der Waals surface area (Å²) in [6.45, 7) is 4.89. The second-order valence-corrected chi connectivity index (χ2v) is 5.79. The Hall–Kier alpha value is -1.59. The summed E-state index contributed by atoms with van der Waals surface area (Å²) < 4.78 is 0. The third-order valence-electron chi connectivity index (χ3n) is 4.27. The number of amides is 1. The molecule has 116 valence electrons. The van der Waals surface area contributed by atoms with E-state index in [1.165, 1.54) is 0 Å². The van der Waals surface area contributed by atoms with Crippen LogP contribution in [0, 0.1) is 12.8 Å². The molecule has 4 N–H and O–H groups in total. The predicted molar refractivity (Wildman–Crippen MR) is 85.1 cm³/mol. The van der Waals surface area contributed by atoms with Crippen LogP contribution in [0.3, 0.4) is 0 Å². The van der Waals surface area contributed by atoms with Gasteiger partial charge in [-0.15, -0.1) is 0 Å². The third kappa shape index (κ3) is 4.44. The van der Waals surface area contributed by atoms with Crippen LogP contribution < -0.4 is 11.1 Å². The molecule has 0 bridgehead atoms. The average Bonchev–Trinajstić information content (AvgIpc) is 2.50. The third-order valence-corrected chi connectivity index (χ3v) is 4.27. The van der Waals surface area contributed by atoms with Crippen molar-refractivity contribution in [1.82, 2.24) is 4.90 Å². The van der Waals surface area contributed by atoms with Crippen LogP contribution in [0.5, 0.6) is 0 Å². The first-order valence-electron chi connectivity index (χ1n) is 7.58. The van der Waals surface area contributed by atoms with Gasteiger partial charge in [0, 0.05) is 30.9 Å². The highest BCUT2D eigenvalue weighted by molar-refractivity contribution is 5.92. The molecule has 1 fully saturated rings. The summed E-state index contributed by atoms with van der Waals surface area (Å²) in [6.07, 6.45) is 2.52. The predicted octanol–water partition coefficient (Wildman–Crippen LogP) is 1.61. The molecule has 1 heterocycles. The molecular weight excluding hydrogens is 266 g/mol. The minimum atomic E-state index is 0.0213. The van der Waals surface area contributed by atoms with Gasteiger partial charge in [-0.25, -0.2) is 0 Å². The molecule has 1 saturated heterocycles. The first-order valence-corrected chi connectivity index (χ1v) is 7.58. The number of nitrogen functional groups attached to an aromatic ring is 1. The first-order chi connectivity index (χ1) is 10.1. The molecule has 21 heavy (non-hydrogen) atoms. The van der Waals surface area contributed by atoms with Gasteiger partial charge in [0.15, 0.2) is 0 Å². The van der Waals surface area contributed by atoms with Crippen LogP contribution in [-0.4, -0.2) is 42.2 Å². The fourth-order valence-corrected chi connectivity index (χ4v) is 2.65. The average molecular weight is 291 g/mol. The van der Waals surface area contributed by atoms with E-state index >= 15 is 0 Å². The summed E-state index contributed by atoms with van der Waals surface area (Å²) in [7, 11) is 0. The van der Waals surface area contributed by atoms with E-state index in [1.807, 2.05) is 25.1 Å². The molecule has 0 unspecified atom stereocenters. The van der Waals surface area contributed by atoms with Crippen molar-refractivity contribution in [2.75, 3.05) is 37.3 Å². The Morgan fingerprint density at radius 2 is 2.14 bits per heavy atom. The maximum Gasteiger partial charge on any atom is 0.225 e. The quantitative estimate of drug-likeness (QED) is 0.720. The number of nitrogens with zero attached hydrogens (tertiary/aromatic N) is 1. The van der Waals surface area contributed by atoms with E-state index in [-0.39, 0.29) is 12.5 Å². The van der Waals surface area contributed by atoms with Gasteiger partial charge in [-0.2, -0.15) is 0 Å². The minimum absolute atomic E-state index is 0.0213. The number of rotatable bonds is 5. The summed E-state index contributed by atoms with van der Waals surface area (Å²) in [4.78, 5) is 14.3. The molecule has 5 heteroatoms. The number of carbonyl (C=O) groups excluding carboxylic acids is 1.